The van der Waals surface area contributed by atoms with E-state index < -0.39 is 13.9 Å². The first kappa shape index (κ1) is 51.8. The van der Waals surface area contributed by atoms with E-state index in [2.05, 4.69) is 62.5 Å². The fourth-order valence-corrected chi connectivity index (χ4v) is 6.44. The maximum absolute atomic E-state index is 12.4. The molecule has 0 saturated carbocycles. The van der Waals surface area contributed by atoms with Gasteiger partial charge in [-0.25, -0.2) is 0 Å². The largest absolute Gasteiger partial charge is 0.756 e. The van der Waals surface area contributed by atoms with E-state index in [-0.39, 0.29) is 32.2 Å². The van der Waals surface area contributed by atoms with E-state index in [9.17, 15) is 14.3 Å². The summed E-state index contributed by atoms with van der Waals surface area (Å²) in [6.07, 6.45) is 47.8. The number of likely N-dealkylation sites (N-methyl/N-ethyl adjacent to an activating group) is 1. The van der Waals surface area contributed by atoms with Crippen LogP contribution >= 0.6 is 7.82 Å². The Morgan fingerprint density at radius 2 is 1.21 bits per heavy atom. The molecule has 1 rings (SSSR count). The summed E-state index contributed by atoms with van der Waals surface area (Å²) in [6.45, 7) is 4.49. The molecule has 56 heavy (non-hydrogen) atoms. The summed E-state index contributed by atoms with van der Waals surface area (Å²) in [5.41, 5.74) is 0. The predicted octanol–water partition coefficient (Wildman–Crippen LogP) is 11.4. The second-order valence-corrected chi connectivity index (χ2v) is 17.2. The van der Waals surface area contributed by atoms with Gasteiger partial charge in [0.05, 0.1) is 46.2 Å². The zero-order valence-electron chi connectivity index (χ0n) is 36.0. The second kappa shape index (κ2) is 34.8. The zero-order chi connectivity index (χ0) is 41.0. The van der Waals surface area contributed by atoms with Crippen LogP contribution in [-0.4, -0.2) is 76.3 Å². The summed E-state index contributed by atoms with van der Waals surface area (Å²) in [5.74, 6) is -0.378. The third-order valence-corrected chi connectivity index (χ3v) is 10.2. The Hall–Kier alpha value is -2.26. The van der Waals surface area contributed by atoms with Crippen LogP contribution in [0.25, 0.3) is 0 Å². The van der Waals surface area contributed by atoms with E-state index >= 15 is 0 Å². The van der Waals surface area contributed by atoms with Gasteiger partial charge in [0.2, 0.25) is 0 Å². The van der Waals surface area contributed by atoms with Crippen LogP contribution in [0.3, 0.4) is 0 Å². The number of phosphoric ester groups is 1. The molecule has 0 radical (unpaired) electrons. The lowest BCUT2D eigenvalue weighted by molar-refractivity contribution is -0.870. The van der Waals surface area contributed by atoms with Crippen LogP contribution < -0.4 is 4.89 Å². The minimum atomic E-state index is -4.54. The van der Waals surface area contributed by atoms with Crippen LogP contribution in [0.1, 0.15) is 149 Å². The first-order valence-electron chi connectivity index (χ1n) is 21.8. The molecule has 0 spiro atoms. The van der Waals surface area contributed by atoms with Crippen LogP contribution in [0.2, 0.25) is 0 Å². The third kappa shape index (κ3) is 34.9. The number of nitrogens with zero attached hydrogens (tertiary/aromatic N) is 1. The van der Waals surface area contributed by atoms with Gasteiger partial charge >= 0.3 is 5.97 Å². The van der Waals surface area contributed by atoms with Crippen molar-refractivity contribution in [3.8, 4) is 0 Å². The van der Waals surface area contributed by atoms with Gasteiger partial charge in [0.1, 0.15) is 19.8 Å². The van der Waals surface area contributed by atoms with Crippen LogP contribution in [0.15, 0.2) is 73.1 Å². The molecule has 3 unspecified atom stereocenters. The Morgan fingerprint density at radius 1 is 0.679 bits per heavy atom. The van der Waals surface area contributed by atoms with E-state index in [1.807, 2.05) is 39.4 Å². The van der Waals surface area contributed by atoms with Gasteiger partial charge in [0.25, 0.3) is 7.82 Å². The number of hydrogen-bond donors (Lipinski definition) is 0. The molecule has 1 saturated heterocycles. The molecule has 1 aliphatic heterocycles. The number of quaternary nitrogens is 1. The fourth-order valence-electron chi connectivity index (χ4n) is 5.71. The average Bonchev–Trinajstić information content (AvgIpc) is 3.91. The number of carbonyl (C=O) groups is 1. The van der Waals surface area contributed by atoms with Crippen LogP contribution in [0.5, 0.6) is 0 Å². The molecule has 322 valence electrons. The van der Waals surface area contributed by atoms with E-state index in [1.165, 1.54) is 70.6 Å². The number of carbonyl (C=O) groups excluding carboxylic acids is 1. The van der Waals surface area contributed by atoms with Gasteiger partial charge in [-0.1, -0.05) is 145 Å². The highest BCUT2D eigenvalue weighted by Crippen LogP contribution is 2.38. The third-order valence-electron chi connectivity index (χ3n) is 9.28. The summed E-state index contributed by atoms with van der Waals surface area (Å²) in [5, 5.41) is 0. The monoisotopic (exact) mass is 806 g/mol. The Kier molecular flexibility index (Phi) is 32.1. The summed E-state index contributed by atoms with van der Waals surface area (Å²) in [6, 6.07) is 0. The normalized spacial score (nSPS) is 18.0. The Morgan fingerprint density at radius 3 is 1.79 bits per heavy atom. The molecule has 10 heteroatoms. The van der Waals surface area contributed by atoms with Gasteiger partial charge in [-0.15, -0.1) is 0 Å². The van der Waals surface area contributed by atoms with Gasteiger partial charge in [-0.05, 0) is 63.9 Å². The standard InChI is InChI=1S/C46H80NO8P/c1-6-8-10-11-12-13-14-15-18-21-24-27-30-34-39-51-43(42-54-56(49,50)53-40-38-47(3,4)5)41-52-46(48)37-33-29-26-23-20-17-16-19-22-25-28-32-36-45-44(55-45)35-31-9-7-2/h9,17,19-20,22,26,28-29,31-32,34,39,43-45H,6-8,10-16,18,21,23-25,27,30,33,35-38,40-42H2,1-5H3/b20-17-,22-19-,29-26-,31-9-,32-28-,39-34+/t43-,44?,45?/m1/s1. The number of esters is 1. The molecule has 0 N–H and O–H groups in total. The quantitative estimate of drug-likeness (QED) is 0.0115. The lowest BCUT2D eigenvalue weighted by atomic mass is 10.0. The van der Waals surface area contributed by atoms with Crippen LogP contribution in [0.4, 0.5) is 0 Å². The van der Waals surface area contributed by atoms with E-state index in [4.69, 9.17) is 23.3 Å². The van der Waals surface area contributed by atoms with Gasteiger partial charge in [-0.2, -0.15) is 0 Å². The van der Waals surface area contributed by atoms with Crippen molar-refractivity contribution in [2.45, 2.75) is 167 Å². The van der Waals surface area contributed by atoms with Crippen molar-refractivity contribution in [1.82, 2.24) is 0 Å². The SMILES string of the molecule is CC/C=C\CC1OC1C/C=C\C/C=C\C/C=C\C/C=C\CCC(=O)OC[C@H](COP(=O)([O-])OCC[N+](C)(C)C)O/C=C/CCCCCCCCCCCCCC. The van der Waals surface area contributed by atoms with Crippen molar-refractivity contribution in [1.29, 1.82) is 0 Å². The number of rotatable bonds is 38. The molecule has 0 aromatic heterocycles. The van der Waals surface area contributed by atoms with E-state index in [1.54, 1.807) is 6.26 Å². The summed E-state index contributed by atoms with van der Waals surface area (Å²) in [4.78, 5) is 24.8. The lowest BCUT2D eigenvalue weighted by Gasteiger charge is -2.28. The van der Waals surface area contributed by atoms with Crippen molar-refractivity contribution in [3.05, 3.63) is 73.1 Å². The Labute approximate surface area is 342 Å². The van der Waals surface area contributed by atoms with Gasteiger partial charge in [0, 0.05) is 6.42 Å². The molecule has 0 aromatic carbocycles. The second-order valence-electron chi connectivity index (χ2n) is 15.8. The fraction of sp³-hybridized carbons (Fsp3) is 0.717. The van der Waals surface area contributed by atoms with Gasteiger partial charge in [-0.3, -0.25) is 9.36 Å². The number of ether oxygens (including phenoxy) is 3. The zero-order valence-corrected chi connectivity index (χ0v) is 36.9. The molecule has 9 nitrogen and oxygen atoms in total. The maximum atomic E-state index is 12.4. The van der Waals surface area contributed by atoms with Gasteiger partial charge < -0.3 is 32.6 Å². The molecular weight excluding hydrogens is 725 g/mol. The highest BCUT2D eigenvalue weighted by Gasteiger charge is 2.35. The molecule has 0 aromatic rings. The molecule has 1 aliphatic rings. The molecule has 4 atom stereocenters. The van der Waals surface area contributed by atoms with E-state index in [0.29, 0.717) is 29.7 Å². The Bertz CT molecular complexity index is 1190. The molecule has 1 heterocycles. The van der Waals surface area contributed by atoms with Crippen LogP contribution in [-0.2, 0) is 32.6 Å². The highest BCUT2D eigenvalue weighted by atomic mass is 31.2. The number of hydrogen-bond acceptors (Lipinski definition) is 8. The summed E-state index contributed by atoms with van der Waals surface area (Å²) >= 11 is 0. The molecule has 1 fully saturated rings. The first-order chi connectivity index (χ1) is 27.1. The van der Waals surface area contributed by atoms with E-state index in [0.717, 1.165) is 51.4 Å². The number of unbranched alkanes of at least 4 members (excludes halogenated alkanes) is 12. The molecule has 0 bridgehead atoms. The summed E-state index contributed by atoms with van der Waals surface area (Å²) in [7, 11) is 1.31. The van der Waals surface area contributed by atoms with Crippen molar-refractivity contribution in [2.75, 3.05) is 47.5 Å². The van der Waals surface area contributed by atoms with Crippen molar-refractivity contribution in [2.24, 2.45) is 0 Å². The minimum absolute atomic E-state index is 0.0113. The highest BCUT2D eigenvalue weighted by molar-refractivity contribution is 7.45. The number of allylic oxidation sites excluding steroid dienone is 9. The average molecular weight is 806 g/mol. The molecule has 0 amide bonds. The van der Waals surface area contributed by atoms with Gasteiger partial charge in [0.15, 0.2) is 6.10 Å². The number of epoxide rings is 1. The first-order valence-corrected chi connectivity index (χ1v) is 23.3. The van der Waals surface area contributed by atoms with Crippen LogP contribution in [0, 0.1) is 0 Å². The van der Waals surface area contributed by atoms with Crippen molar-refractivity contribution >= 4 is 13.8 Å². The Balaban J connectivity index is 2.29. The predicted molar refractivity (Wildman–Crippen MR) is 230 cm³/mol. The minimum Gasteiger partial charge on any atom is -0.756 e. The number of phosphoric acid groups is 1. The van der Waals surface area contributed by atoms with Crippen molar-refractivity contribution in [3.63, 3.8) is 0 Å². The molecular formula is C46H80NO8P. The summed E-state index contributed by atoms with van der Waals surface area (Å²) < 4.78 is 39.9. The molecule has 0 aliphatic carbocycles. The smallest absolute Gasteiger partial charge is 0.306 e. The maximum Gasteiger partial charge on any atom is 0.306 e. The lowest BCUT2D eigenvalue weighted by Crippen LogP contribution is -2.37. The van der Waals surface area contributed by atoms with Crippen molar-refractivity contribution < 1.29 is 42.0 Å². The topological polar surface area (TPSA) is 107 Å².